The Kier molecular flexibility index (Phi) is 5.14. The lowest BCUT2D eigenvalue weighted by Gasteiger charge is -2.12. The first-order chi connectivity index (χ1) is 11.6. The first-order valence-electron chi connectivity index (χ1n) is 8.00. The number of rotatable bonds is 5. The van der Waals surface area contributed by atoms with Crippen molar-refractivity contribution in [3.8, 4) is 0 Å². The smallest absolute Gasteiger partial charge is 0.279 e. The predicted octanol–water partition coefficient (Wildman–Crippen LogP) is 3.76. The molecule has 0 spiro atoms. The van der Waals surface area contributed by atoms with Gasteiger partial charge in [-0.15, -0.1) is 0 Å². The van der Waals surface area contributed by atoms with Crippen molar-refractivity contribution < 1.29 is 10.1 Å². The summed E-state index contributed by atoms with van der Waals surface area (Å²) in [6.45, 7) is 2.45. The number of fused-ring (bicyclic) bond motifs is 1. The number of hydrogen-bond acceptors (Lipinski definition) is 1. The van der Waals surface area contributed by atoms with Gasteiger partial charge in [-0.1, -0.05) is 60.1 Å². The Morgan fingerprint density at radius 3 is 2.54 bits per heavy atom. The number of halogens is 1. The normalized spacial score (nSPS) is 12.1. The van der Waals surface area contributed by atoms with Crippen LogP contribution in [0.5, 0.6) is 0 Å². The minimum Gasteiger partial charge on any atom is -0.333 e. The van der Waals surface area contributed by atoms with E-state index in [1.807, 2.05) is 72.0 Å². The third-order valence-corrected chi connectivity index (χ3v) is 4.37. The van der Waals surface area contributed by atoms with Crippen molar-refractivity contribution in [1.82, 2.24) is 0 Å². The fraction of sp³-hybridized carbons (Fsp3) is 0.150. The molecule has 1 atom stereocenters. The van der Waals surface area contributed by atoms with Crippen LogP contribution in [-0.2, 0) is 4.79 Å². The largest absolute Gasteiger partial charge is 0.333 e. The highest BCUT2D eigenvalue weighted by Crippen LogP contribution is 2.22. The molecule has 122 valence electrons. The molecule has 3 aromatic rings. The van der Waals surface area contributed by atoms with Gasteiger partial charge in [0.15, 0.2) is 6.54 Å². The zero-order valence-corrected chi connectivity index (χ0v) is 14.3. The average molecular weight is 340 g/mol. The summed E-state index contributed by atoms with van der Waals surface area (Å²) in [5.41, 5.74) is 2.00. The number of nitrogens with two attached hydrogens (primary N) is 1. The van der Waals surface area contributed by atoms with E-state index in [0.29, 0.717) is 6.54 Å². The van der Waals surface area contributed by atoms with Gasteiger partial charge in [0.1, 0.15) is 6.04 Å². The maximum Gasteiger partial charge on any atom is 0.279 e. The maximum atomic E-state index is 12.3. The molecule has 3 N–H and O–H groups in total. The Morgan fingerprint density at radius 2 is 1.75 bits per heavy atom. The zero-order valence-electron chi connectivity index (χ0n) is 13.5. The van der Waals surface area contributed by atoms with Crippen LogP contribution in [0.15, 0.2) is 66.7 Å². The molecule has 0 bridgehead atoms. The van der Waals surface area contributed by atoms with Gasteiger partial charge < -0.3 is 10.6 Å². The lowest BCUT2D eigenvalue weighted by atomic mass is 10.1. The Labute approximate surface area is 146 Å². The lowest BCUT2D eigenvalue weighted by Crippen LogP contribution is -2.86. The van der Waals surface area contributed by atoms with Crippen LogP contribution < -0.4 is 10.6 Å². The standard InChI is InChI=1S/C20H19ClN2O/c1-14(15-9-11-17(21)12-10-15)22-13-20(24)23-19-8-4-6-16-5-2-3-7-18(16)19/h2-12,14,22H,13H2,1H3,(H,23,24)/p+1/t14-/m0/s1. The molecule has 0 radical (unpaired) electrons. The Balaban J connectivity index is 1.62. The number of nitrogens with one attached hydrogen (secondary N) is 1. The van der Waals surface area contributed by atoms with Gasteiger partial charge in [0, 0.05) is 21.7 Å². The van der Waals surface area contributed by atoms with E-state index in [4.69, 9.17) is 11.6 Å². The molecule has 1 amide bonds. The molecular weight excluding hydrogens is 320 g/mol. The Morgan fingerprint density at radius 1 is 1.04 bits per heavy atom. The highest BCUT2D eigenvalue weighted by Gasteiger charge is 2.12. The first kappa shape index (κ1) is 16.5. The van der Waals surface area contributed by atoms with Crippen molar-refractivity contribution in [3.05, 3.63) is 77.3 Å². The third kappa shape index (κ3) is 3.94. The minimum absolute atomic E-state index is 0.00725. The summed E-state index contributed by atoms with van der Waals surface area (Å²) in [6, 6.07) is 21.9. The van der Waals surface area contributed by atoms with Crippen molar-refractivity contribution in [3.63, 3.8) is 0 Å². The molecule has 24 heavy (non-hydrogen) atoms. The van der Waals surface area contributed by atoms with E-state index < -0.39 is 0 Å². The van der Waals surface area contributed by atoms with Gasteiger partial charge in [-0.2, -0.15) is 0 Å². The Hall–Kier alpha value is -2.36. The van der Waals surface area contributed by atoms with Gasteiger partial charge in [0.05, 0.1) is 0 Å². The predicted molar refractivity (Wildman–Crippen MR) is 99.2 cm³/mol. The summed E-state index contributed by atoms with van der Waals surface area (Å²) in [6.07, 6.45) is 0. The maximum absolute atomic E-state index is 12.3. The van der Waals surface area contributed by atoms with Crippen molar-refractivity contribution >= 4 is 34.0 Å². The van der Waals surface area contributed by atoms with Crippen molar-refractivity contribution in [2.45, 2.75) is 13.0 Å². The minimum atomic E-state index is -0.00725. The summed E-state index contributed by atoms with van der Waals surface area (Å²) in [5, 5.41) is 7.92. The van der Waals surface area contributed by atoms with Crippen LogP contribution in [-0.4, -0.2) is 12.5 Å². The van der Waals surface area contributed by atoms with E-state index in [1.165, 1.54) is 0 Å². The molecule has 3 aromatic carbocycles. The van der Waals surface area contributed by atoms with Gasteiger partial charge in [0.25, 0.3) is 5.91 Å². The fourth-order valence-electron chi connectivity index (χ4n) is 2.72. The van der Waals surface area contributed by atoms with Gasteiger partial charge in [0.2, 0.25) is 0 Å². The van der Waals surface area contributed by atoms with Gasteiger partial charge in [-0.25, -0.2) is 0 Å². The molecular formula is C20H20ClN2O+. The van der Waals surface area contributed by atoms with Crippen LogP contribution in [0.4, 0.5) is 5.69 Å². The number of quaternary nitrogens is 1. The van der Waals surface area contributed by atoms with Gasteiger partial charge in [-0.3, -0.25) is 4.79 Å². The second kappa shape index (κ2) is 7.47. The molecule has 3 nitrogen and oxygen atoms in total. The molecule has 0 aliphatic heterocycles. The van der Waals surface area contributed by atoms with Crippen molar-refractivity contribution in [2.24, 2.45) is 0 Å². The molecule has 4 heteroatoms. The van der Waals surface area contributed by atoms with Gasteiger partial charge >= 0.3 is 0 Å². The molecule has 0 unspecified atom stereocenters. The van der Waals surface area contributed by atoms with Crippen LogP contribution in [0.1, 0.15) is 18.5 Å². The number of benzene rings is 3. The van der Waals surface area contributed by atoms with Crippen LogP contribution in [0, 0.1) is 0 Å². The van der Waals surface area contributed by atoms with E-state index in [-0.39, 0.29) is 11.9 Å². The molecule has 0 saturated carbocycles. The average Bonchev–Trinajstić information content (AvgIpc) is 2.61. The van der Waals surface area contributed by atoms with Gasteiger partial charge in [-0.05, 0) is 30.5 Å². The number of carbonyl (C=O) groups excluding carboxylic acids is 1. The Bertz CT molecular complexity index is 840. The second-order valence-corrected chi connectivity index (χ2v) is 6.29. The molecule has 0 fully saturated rings. The topological polar surface area (TPSA) is 45.7 Å². The molecule has 0 heterocycles. The molecule has 3 rings (SSSR count). The lowest BCUT2D eigenvalue weighted by molar-refractivity contribution is -0.682. The van der Waals surface area contributed by atoms with E-state index >= 15 is 0 Å². The monoisotopic (exact) mass is 339 g/mol. The van der Waals surface area contributed by atoms with Crippen LogP contribution >= 0.6 is 11.6 Å². The summed E-state index contributed by atoms with van der Waals surface area (Å²) >= 11 is 5.91. The first-order valence-corrected chi connectivity index (χ1v) is 8.37. The zero-order chi connectivity index (χ0) is 16.9. The van der Waals surface area contributed by atoms with Crippen molar-refractivity contribution in [2.75, 3.05) is 11.9 Å². The number of carbonyl (C=O) groups is 1. The quantitative estimate of drug-likeness (QED) is 0.730. The summed E-state index contributed by atoms with van der Waals surface area (Å²) in [7, 11) is 0. The number of anilines is 1. The van der Waals surface area contributed by atoms with Crippen LogP contribution in [0.2, 0.25) is 5.02 Å². The molecule has 0 aromatic heterocycles. The highest BCUT2D eigenvalue weighted by atomic mass is 35.5. The van der Waals surface area contributed by atoms with Crippen molar-refractivity contribution in [1.29, 1.82) is 0 Å². The molecule has 0 aliphatic rings. The van der Waals surface area contributed by atoms with E-state index in [0.717, 1.165) is 27.0 Å². The fourth-order valence-corrected chi connectivity index (χ4v) is 2.85. The van der Waals surface area contributed by atoms with Crippen LogP contribution in [0.25, 0.3) is 10.8 Å². The summed E-state index contributed by atoms with van der Waals surface area (Å²) in [4.78, 5) is 12.3. The van der Waals surface area contributed by atoms with E-state index in [9.17, 15) is 4.79 Å². The van der Waals surface area contributed by atoms with Crippen LogP contribution in [0.3, 0.4) is 0 Å². The number of amides is 1. The second-order valence-electron chi connectivity index (χ2n) is 5.85. The highest BCUT2D eigenvalue weighted by molar-refractivity contribution is 6.30. The number of hydrogen-bond donors (Lipinski definition) is 2. The third-order valence-electron chi connectivity index (χ3n) is 4.12. The van der Waals surface area contributed by atoms with E-state index in [1.54, 1.807) is 0 Å². The van der Waals surface area contributed by atoms with E-state index in [2.05, 4.69) is 12.2 Å². The summed E-state index contributed by atoms with van der Waals surface area (Å²) in [5.74, 6) is -0.00725. The molecule has 0 aliphatic carbocycles. The molecule has 0 saturated heterocycles. The SMILES string of the molecule is C[C@H]([NH2+]CC(=O)Nc1cccc2ccccc12)c1ccc(Cl)cc1. The summed E-state index contributed by atoms with van der Waals surface area (Å²) < 4.78 is 0.